The molecule has 0 aromatic rings. The molecule has 0 spiro atoms. The largest absolute Gasteiger partial charge is 0.495 e. The van der Waals surface area contributed by atoms with E-state index < -0.39 is 40.3 Å². The van der Waals surface area contributed by atoms with Gasteiger partial charge in [-0.05, 0) is 137 Å². The van der Waals surface area contributed by atoms with Gasteiger partial charge in [-0.25, -0.2) is 0 Å². The lowest BCUT2D eigenvalue weighted by atomic mass is 9.34. The fourth-order valence-corrected chi connectivity index (χ4v) is 13.6. The summed E-state index contributed by atoms with van der Waals surface area (Å²) < 4.78 is 12.9. The van der Waals surface area contributed by atoms with E-state index in [-0.39, 0.29) is 52.3 Å². The van der Waals surface area contributed by atoms with Crippen molar-refractivity contribution in [2.24, 2.45) is 61.6 Å². The predicted octanol–water partition coefficient (Wildman–Crippen LogP) is 10.2. The Bertz CT molecular complexity index is 1560. The second kappa shape index (κ2) is 13.5. The summed E-state index contributed by atoms with van der Waals surface area (Å²) in [6.45, 7) is 29.3. The number of carboxylic acids is 2. The molecule has 0 bridgehead atoms. The minimum atomic E-state index is -1.24. The molecule has 8 nitrogen and oxygen atoms in total. The van der Waals surface area contributed by atoms with Crippen molar-refractivity contribution in [1.82, 2.24) is 0 Å². The number of aliphatic carboxylic acids is 2. The SMILES string of the molecule is C=C(CC(C)(C)C(=O)O)OC1CCC2(C)C(CCC3(C)C4CCC5([C@@H](CC)OC(=O)CC(C)(C)C(=O)O)CC(=O)C(C(C)C)=C5C4(C)CCC32)C1(C)C. The molecule has 0 aromatic heterocycles. The number of hydrogen-bond acceptors (Lipinski definition) is 6. The van der Waals surface area contributed by atoms with Gasteiger partial charge < -0.3 is 19.7 Å². The molecule has 0 saturated heterocycles. The summed E-state index contributed by atoms with van der Waals surface area (Å²) in [5.74, 6) is -0.261. The third-order valence-corrected chi connectivity index (χ3v) is 16.1. The van der Waals surface area contributed by atoms with E-state index in [0.29, 0.717) is 36.4 Å². The highest BCUT2D eigenvalue weighted by atomic mass is 16.5. The molecule has 8 heteroatoms. The molecule has 0 aliphatic heterocycles. The van der Waals surface area contributed by atoms with E-state index >= 15 is 0 Å². The molecule has 5 aliphatic rings. The van der Waals surface area contributed by atoms with E-state index in [1.807, 2.05) is 6.92 Å². The number of allylic oxidation sites excluding steroid dienone is 2. The number of rotatable bonds is 12. The smallest absolute Gasteiger partial charge is 0.309 e. The van der Waals surface area contributed by atoms with Crippen LogP contribution in [0.3, 0.4) is 0 Å². The molecule has 0 heterocycles. The minimum absolute atomic E-state index is 0.0239. The van der Waals surface area contributed by atoms with Gasteiger partial charge in [0.05, 0.1) is 23.0 Å². The summed E-state index contributed by atoms with van der Waals surface area (Å²) >= 11 is 0. The molecule has 9 atom stereocenters. The van der Waals surface area contributed by atoms with Crippen LogP contribution >= 0.6 is 0 Å². The van der Waals surface area contributed by atoms with Gasteiger partial charge in [0.1, 0.15) is 12.2 Å². The van der Waals surface area contributed by atoms with Crippen LogP contribution in [0.4, 0.5) is 0 Å². The van der Waals surface area contributed by atoms with E-state index in [1.165, 1.54) is 5.57 Å². The molecule has 0 aromatic carbocycles. The van der Waals surface area contributed by atoms with Crippen LogP contribution in [-0.4, -0.2) is 46.1 Å². The van der Waals surface area contributed by atoms with Crippen molar-refractivity contribution < 1.29 is 38.9 Å². The van der Waals surface area contributed by atoms with Crippen molar-refractivity contribution in [2.75, 3.05) is 0 Å². The predicted molar refractivity (Wildman–Crippen MR) is 206 cm³/mol. The van der Waals surface area contributed by atoms with Gasteiger partial charge in [-0.1, -0.05) is 62.0 Å². The first-order valence-corrected chi connectivity index (χ1v) is 20.5. The van der Waals surface area contributed by atoms with Gasteiger partial charge in [0, 0.05) is 23.7 Å². The van der Waals surface area contributed by atoms with E-state index in [9.17, 15) is 29.4 Å². The summed E-state index contributed by atoms with van der Waals surface area (Å²) in [6, 6.07) is 0. The van der Waals surface area contributed by atoms with Crippen LogP contribution in [0.1, 0.15) is 160 Å². The van der Waals surface area contributed by atoms with Crippen molar-refractivity contribution in [3.8, 4) is 0 Å². The zero-order chi connectivity index (χ0) is 39.9. The Morgan fingerprint density at radius 3 is 1.91 bits per heavy atom. The van der Waals surface area contributed by atoms with E-state index in [4.69, 9.17) is 9.47 Å². The molecule has 298 valence electrons. The van der Waals surface area contributed by atoms with Gasteiger partial charge in [0.25, 0.3) is 0 Å². The lowest BCUT2D eigenvalue weighted by Gasteiger charge is -2.71. The Labute approximate surface area is 319 Å². The van der Waals surface area contributed by atoms with Crippen LogP contribution in [0.25, 0.3) is 0 Å². The quantitative estimate of drug-likeness (QED) is 0.150. The first-order chi connectivity index (χ1) is 24.2. The number of carbonyl (C=O) groups is 4. The second-order valence-corrected chi connectivity index (χ2v) is 21.0. The molecule has 5 aliphatic carbocycles. The van der Waals surface area contributed by atoms with Crippen molar-refractivity contribution in [3.63, 3.8) is 0 Å². The molecule has 8 unspecified atom stereocenters. The summed E-state index contributed by atoms with van der Waals surface area (Å²) in [7, 11) is 0. The fourth-order valence-electron chi connectivity index (χ4n) is 13.6. The number of esters is 1. The van der Waals surface area contributed by atoms with Crippen LogP contribution in [-0.2, 0) is 28.7 Å². The van der Waals surface area contributed by atoms with Crippen LogP contribution in [0.2, 0.25) is 0 Å². The van der Waals surface area contributed by atoms with Gasteiger partial charge in [-0.15, -0.1) is 0 Å². The van der Waals surface area contributed by atoms with Crippen molar-refractivity contribution in [1.29, 1.82) is 0 Å². The molecule has 53 heavy (non-hydrogen) atoms. The number of carbonyl (C=O) groups excluding carboxylic acids is 2. The molecular formula is C45H70O8. The van der Waals surface area contributed by atoms with Crippen LogP contribution in [0.5, 0.6) is 0 Å². The zero-order valence-electron chi connectivity index (χ0n) is 35.0. The van der Waals surface area contributed by atoms with E-state index in [0.717, 1.165) is 56.9 Å². The van der Waals surface area contributed by atoms with E-state index in [1.54, 1.807) is 27.7 Å². The Morgan fingerprint density at radius 1 is 0.811 bits per heavy atom. The molecular weight excluding hydrogens is 668 g/mol. The zero-order valence-corrected chi connectivity index (χ0v) is 35.0. The average molecular weight is 739 g/mol. The Morgan fingerprint density at radius 2 is 1.34 bits per heavy atom. The number of ketones is 1. The molecule has 4 fully saturated rings. The summed E-state index contributed by atoms with van der Waals surface area (Å²) in [4.78, 5) is 51.3. The summed E-state index contributed by atoms with van der Waals surface area (Å²) in [5, 5.41) is 19.4. The van der Waals surface area contributed by atoms with Crippen molar-refractivity contribution >= 4 is 23.7 Å². The van der Waals surface area contributed by atoms with Gasteiger partial charge in [-0.2, -0.15) is 0 Å². The second-order valence-electron chi connectivity index (χ2n) is 21.0. The summed E-state index contributed by atoms with van der Waals surface area (Å²) in [5.41, 5.74) is -0.713. The highest BCUT2D eigenvalue weighted by Crippen LogP contribution is 2.76. The first kappa shape index (κ1) is 41.5. The average Bonchev–Trinajstić information content (AvgIpc) is 3.34. The standard InChI is InChI=1S/C45H70O8/c1-14-32(53-34(47)25-40(7,8)38(50)51)45-22-17-31-43(12)19-15-29-41(9,10)33(52-27(4)23-39(5,6)37(48)49)18-21-42(29,11)30(43)16-20-44(31,13)36(45)35(26(2)3)28(46)24-45/h26,29-33H,4,14-25H2,1-3,5-13H3,(H,48,49)(H,50,51)/t29?,30?,31?,32-,33?,42?,43?,44?,45?/m1/s1. The number of ether oxygens (including phenoxy) is 2. The van der Waals surface area contributed by atoms with Crippen molar-refractivity contribution in [3.05, 3.63) is 23.5 Å². The van der Waals surface area contributed by atoms with Gasteiger partial charge in [0.15, 0.2) is 5.78 Å². The lowest BCUT2D eigenvalue weighted by molar-refractivity contribution is -0.220. The molecule has 5 rings (SSSR count). The van der Waals surface area contributed by atoms with Crippen LogP contribution in [0.15, 0.2) is 23.5 Å². The van der Waals surface area contributed by atoms with Gasteiger partial charge >= 0.3 is 17.9 Å². The maximum absolute atomic E-state index is 14.2. The maximum atomic E-state index is 14.2. The van der Waals surface area contributed by atoms with Crippen LogP contribution < -0.4 is 0 Å². The van der Waals surface area contributed by atoms with Gasteiger partial charge in [0.2, 0.25) is 0 Å². The maximum Gasteiger partial charge on any atom is 0.309 e. The first-order valence-electron chi connectivity index (χ1n) is 20.5. The highest BCUT2D eigenvalue weighted by Gasteiger charge is 2.70. The molecule has 4 saturated carbocycles. The number of Topliss-reactive ketones (excluding diaryl/α,β-unsaturated/α-hetero) is 1. The number of carboxylic acid groups (broad SMARTS) is 2. The molecule has 0 radical (unpaired) electrons. The third kappa shape index (κ3) is 6.51. The Hall–Kier alpha value is -2.64. The molecule has 2 N–H and O–H groups in total. The Kier molecular flexibility index (Phi) is 10.6. The van der Waals surface area contributed by atoms with E-state index in [2.05, 4.69) is 55.0 Å². The van der Waals surface area contributed by atoms with Crippen molar-refractivity contribution in [2.45, 2.75) is 172 Å². The Balaban J connectivity index is 1.46. The van der Waals surface area contributed by atoms with Gasteiger partial charge in [-0.3, -0.25) is 19.2 Å². The van der Waals surface area contributed by atoms with Crippen LogP contribution in [0, 0.1) is 61.6 Å². The molecule has 0 amide bonds. The minimum Gasteiger partial charge on any atom is -0.495 e. The monoisotopic (exact) mass is 739 g/mol. The highest BCUT2D eigenvalue weighted by molar-refractivity contribution is 6.01. The summed E-state index contributed by atoms with van der Waals surface area (Å²) in [6.07, 6.45) is 8.44. The topological polar surface area (TPSA) is 127 Å². The number of fused-ring (bicyclic) bond motifs is 7. The number of hydrogen-bond donors (Lipinski definition) is 2. The third-order valence-electron chi connectivity index (χ3n) is 16.1. The lowest BCUT2D eigenvalue weighted by Crippen LogP contribution is -2.65. The fraction of sp³-hybridized carbons (Fsp3) is 0.822. The normalized spacial score (nSPS) is 37.2.